The summed E-state index contributed by atoms with van der Waals surface area (Å²) in [5.74, 6) is 0.776. The second-order valence-corrected chi connectivity index (χ2v) is 5.61. The van der Waals surface area contributed by atoms with Gasteiger partial charge in [0.05, 0.1) is 5.25 Å². The number of fused-ring (bicyclic) bond motifs is 1. The number of hydrogen-bond donors (Lipinski definition) is 1. The Hall–Kier alpha value is -0.410. The van der Waals surface area contributed by atoms with Crippen molar-refractivity contribution in [1.82, 2.24) is 5.32 Å². The number of hydrogen-bond acceptors (Lipinski definition) is 2. The molecule has 1 fully saturated rings. The van der Waals surface area contributed by atoms with E-state index >= 15 is 0 Å². The maximum Gasteiger partial charge on any atom is 0.0631 e. The molecule has 13 heavy (non-hydrogen) atoms. The molecule has 0 amide bonds. The first kappa shape index (κ1) is 9.16. The molecule has 0 aromatic rings. The third-order valence-electron chi connectivity index (χ3n) is 2.79. The van der Waals surface area contributed by atoms with Crippen LogP contribution < -0.4 is 5.32 Å². The van der Waals surface area contributed by atoms with Crippen LogP contribution in [0.1, 0.15) is 6.92 Å². The molecule has 2 aliphatic rings. The molecule has 3 unspecified atom stereocenters. The monoisotopic (exact) mass is 197 g/mol. The van der Waals surface area contributed by atoms with Gasteiger partial charge in [0.25, 0.3) is 0 Å². The van der Waals surface area contributed by atoms with E-state index in [1.807, 2.05) is 6.08 Å². The molecule has 2 rings (SSSR count). The summed E-state index contributed by atoms with van der Waals surface area (Å²) in [6.07, 6.45) is 8.33. The van der Waals surface area contributed by atoms with Crippen molar-refractivity contribution >= 4 is 10.8 Å². The van der Waals surface area contributed by atoms with Crippen molar-refractivity contribution in [2.75, 3.05) is 18.8 Å². The molecule has 0 spiro atoms. The zero-order valence-corrected chi connectivity index (χ0v) is 8.64. The van der Waals surface area contributed by atoms with Crippen LogP contribution in [-0.2, 0) is 10.8 Å². The molecule has 2 nitrogen and oxygen atoms in total. The van der Waals surface area contributed by atoms with Crippen LogP contribution in [0.5, 0.6) is 0 Å². The highest BCUT2D eigenvalue weighted by atomic mass is 32.2. The van der Waals surface area contributed by atoms with Crippen molar-refractivity contribution in [3.63, 3.8) is 0 Å². The summed E-state index contributed by atoms with van der Waals surface area (Å²) in [4.78, 5) is 0. The van der Waals surface area contributed by atoms with Gasteiger partial charge in [0.15, 0.2) is 0 Å². The molecule has 0 radical (unpaired) electrons. The largest absolute Gasteiger partial charge is 0.315 e. The molecular weight excluding hydrogens is 182 g/mol. The van der Waals surface area contributed by atoms with Gasteiger partial charge in [-0.2, -0.15) is 0 Å². The summed E-state index contributed by atoms with van der Waals surface area (Å²) in [5.41, 5.74) is 0.0517. The normalized spacial score (nSPS) is 44.1. The van der Waals surface area contributed by atoms with Gasteiger partial charge in [-0.15, -0.1) is 0 Å². The Balaban J connectivity index is 2.32. The van der Waals surface area contributed by atoms with Gasteiger partial charge in [0, 0.05) is 35.1 Å². The summed E-state index contributed by atoms with van der Waals surface area (Å²) in [6, 6.07) is 0. The van der Waals surface area contributed by atoms with Crippen LogP contribution in [0.3, 0.4) is 0 Å². The van der Waals surface area contributed by atoms with Crippen LogP contribution in [0.15, 0.2) is 24.3 Å². The van der Waals surface area contributed by atoms with E-state index in [2.05, 4.69) is 30.5 Å². The minimum absolute atomic E-state index is 0.0517. The third kappa shape index (κ3) is 1.63. The van der Waals surface area contributed by atoms with Crippen molar-refractivity contribution in [3.8, 4) is 0 Å². The zero-order valence-electron chi connectivity index (χ0n) is 7.82. The Labute approximate surface area is 81.6 Å². The van der Waals surface area contributed by atoms with Crippen molar-refractivity contribution in [1.29, 1.82) is 0 Å². The average Bonchev–Trinajstić information content (AvgIpc) is 2.26. The predicted octanol–water partition coefficient (Wildman–Crippen LogP) is 0.839. The van der Waals surface area contributed by atoms with Gasteiger partial charge in [0.2, 0.25) is 0 Å². The molecular formula is C10H15NOS. The van der Waals surface area contributed by atoms with Gasteiger partial charge >= 0.3 is 0 Å². The fourth-order valence-corrected chi connectivity index (χ4v) is 3.59. The Morgan fingerprint density at radius 2 is 2.38 bits per heavy atom. The molecule has 1 N–H and O–H groups in total. The van der Waals surface area contributed by atoms with E-state index < -0.39 is 10.8 Å². The second kappa shape index (κ2) is 3.39. The molecule has 1 heterocycles. The molecule has 0 aromatic carbocycles. The summed E-state index contributed by atoms with van der Waals surface area (Å²) < 4.78 is 11.8. The fraction of sp³-hybridized carbons (Fsp3) is 0.600. The lowest BCUT2D eigenvalue weighted by Crippen LogP contribution is -2.38. The van der Waals surface area contributed by atoms with Crippen LogP contribution in [0.2, 0.25) is 0 Å². The van der Waals surface area contributed by atoms with E-state index in [9.17, 15) is 4.21 Å². The molecule has 0 saturated carbocycles. The lowest BCUT2D eigenvalue weighted by Gasteiger charge is -2.32. The van der Waals surface area contributed by atoms with Gasteiger partial charge in [-0.3, -0.25) is 4.21 Å². The van der Waals surface area contributed by atoms with Crippen molar-refractivity contribution in [3.05, 3.63) is 24.3 Å². The van der Waals surface area contributed by atoms with Crippen LogP contribution >= 0.6 is 0 Å². The van der Waals surface area contributed by atoms with Crippen LogP contribution in [0.4, 0.5) is 0 Å². The molecule has 72 valence electrons. The Morgan fingerprint density at radius 1 is 1.54 bits per heavy atom. The van der Waals surface area contributed by atoms with Gasteiger partial charge in [-0.05, 0) is 0 Å². The Kier molecular flexibility index (Phi) is 2.39. The Bertz CT molecular complexity index is 285. The molecule has 3 atom stereocenters. The minimum atomic E-state index is -0.714. The van der Waals surface area contributed by atoms with Gasteiger partial charge in [-0.25, -0.2) is 0 Å². The highest BCUT2D eigenvalue weighted by Crippen LogP contribution is 2.31. The summed E-state index contributed by atoms with van der Waals surface area (Å²) in [7, 11) is -0.714. The first-order chi connectivity index (χ1) is 6.22. The van der Waals surface area contributed by atoms with E-state index in [0.717, 1.165) is 18.8 Å². The van der Waals surface area contributed by atoms with Crippen LogP contribution in [0.25, 0.3) is 0 Å². The van der Waals surface area contributed by atoms with Gasteiger partial charge in [0.1, 0.15) is 0 Å². The van der Waals surface area contributed by atoms with Gasteiger partial charge in [-0.1, -0.05) is 31.2 Å². The minimum Gasteiger partial charge on any atom is -0.315 e. The molecule has 3 heteroatoms. The zero-order chi connectivity index (χ0) is 9.31. The van der Waals surface area contributed by atoms with Crippen LogP contribution in [-0.4, -0.2) is 28.3 Å². The topological polar surface area (TPSA) is 29.1 Å². The molecule has 0 bridgehead atoms. The van der Waals surface area contributed by atoms with E-state index in [-0.39, 0.29) is 10.7 Å². The first-order valence-corrected chi connectivity index (χ1v) is 6.04. The lowest BCUT2D eigenvalue weighted by atomic mass is 9.83. The first-order valence-electron chi connectivity index (χ1n) is 4.66. The average molecular weight is 197 g/mol. The maximum absolute atomic E-state index is 11.8. The van der Waals surface area contributed by atoms with Crippen molar-refractivity contribution in [2.24, 2.45) is 5.41 Å². The van der Waals surface area contributed by atoms with Gasteiger partial charge < -0.3 is 5.32 Å². The lowest BCUT2D eigenvalue weighted by molar-refractivity contribution is 0.414. The predicted molar refractivity (Wildman–Crippen MR) is 56.1 cm³/mol. The summed E-state index contributed by atoms with van der Waals surface area (Å²) in [5, 5.41) is 3.54. The van der Waals surface area contributed by atoms with E-state index in [1.165, 1.54) is 0 Å². The maximum atomic E-state index is 11.8. The third-order valence-corrected chi connectivity index (χ3v) is 4.66. The number of allylic oxidation sites excluding steroid dienone is 2. The molecule has 1 aliphatic carbocycles. The number of rotatable bonds is 0. The highest BCUT2D eigenvalue weighted by Gasteiger charge is 2.36. The standard InChI is InChI=1S/C10H15NOS/c1-10-5-3-2-4-9(10)13(12)7-6-11-8-10/h2-5,9,11H,6-8H2,1H3. The van der Waals surface area contributed by atoms with Crippen LogP contribution in [0, 0.1) is 5.41 Å². The van der Waals surface area contributed by atoms with E-state index in [0.29, 0.717) is 0 Å². The van der Waals surface area contributed by atoms with Crippen molar-refractivity contribution in [2.45, 2.75) is 12.2 Å². The summed E-state index contributed by atoms with van der Waals surface area (Å²) in [6.45, 7) is 3.98. The second-order valence-electron chi connectivity index (χ2n) is 3.93. The smallest absolute Gasteiger partial charge is 0.0631 e. The van der Waals surface area contributed by atoms with E-state index in [4.69, 9.17) is 0 Å². The highest BCUT2D eigenvalue weighted by molar-refractivity contribution is 7.85. The molecule has 1 saturated heterocycles. The SMILES string of the molecule is CC12C=CC=CC1S(=O)CCNC2. The number of nitrogens with one attached hydrogen (secondary N) is 1. The quantitative estimate of drug-likeness (QED) is 0.623. The van der Waals surface area contributed by atoms with Crippen molar-refractivity contribution < 1.29 is 4.21 Å². The Morgan fingerprint density at radius 3 is 3.23 bits per heavy atom. The van der Waals surface area contributed by atoms with E-state index in [1.54, 1.807) is 0 Å². The summed E-state index contributed by atoms with van der Waals surface area (Å²) >= 11 is 0. The molecule has 1 aliphatic heterocycles. The fourth-order valence-electron chi connectivity index (χ4n) is 1.96. The molecule has 0 aromatic heterocycles.